The summed E-state index contributed by atoms with van der Waals surface area (Å²) in [6, 6.07) is 3.82. The van der Waals surface area contributed by atoms with Crippen LogP contribution in [0.2, 0.25) is 0 Å². The second-order valence-electron chi connectivity index (χ2n) is 8.93. The van der Waals surface area contributed by atoms with Crippen LogP contribution in [0, 0.1) is 12.8 Å². The lowest BCUT2D eigenvalue weighted by Crippen LogP contribution is -2.32. The van der Waals surface area contributed by atoms with Gasteiger partial charge in [-0.2, -0.15) is 5.10 Å². The third-order valence-electron chi connectivity index (χ3n) is 5.94. The van der Waals surface area contributed by atoms with Gasteiger partial charge in [-0.3, -0.25) is 4.79 Å². The number of hydrogen-bond acceptors (Lipinski definition) is 6. The van der Waals surface area contributed by atoms with Crippen LogP contribution in [0.15, 0.2) is 23.1 Å². The topological polar surface area (TPSA) is 140 Å². The lowest BCUT2D eigenvalue weighted by molar-refractivity contribution is -0.122. The van der Waals surface area contributed by atoms with Crippen molar-refractivity contribution in [1.82, 2.24) is 14.5 Å². The van der Waals surface area contributed by atoms with Crippen LogP contribution in [0.4, 0.5) is 5.69 Å². The number of carboxylic acid groups (broad SMARTS) is 1. The Morgan fingerprint density at radius 3 is 2.47 bits per heavy atom. The molecule has 11 heteroatoms. The Morgan fingerprint density at radius 2 is 1.94 bits per heavy atom. The second-order valence-corrected chi connectivity index (χ2v) is 10.6. The third-order valence-corrected chi connectivity index (χ3v) is 7.55. The summed E-state index contributed by atoms with van der Waals surface area (Å²) in [5.41, 5.74) is 0.450. The molecule has 3 N–H and O–H groups in total. The van der Waals surface area contributed by atoms with E-state index in [1.807, 2.05) is 20.8 Å². The number of carbonyl (C=O) groups excluding carboxylic acids is 1. The highest BCUT2D eigenvalue weighted by molar-refractivity contribution is 7.89. The van der Waals surface area contributed by atoms with E-state index in [4.69, 9.17) is 4.74 Å². The number of sulfonamides is 1. The van der Waals surface area contributed by atoms with Crippen molar-refractivity contribution in [2.45, 2.75) is 77.3 Å². The second kappa shape index (κ2) is 10.1. The molecule has 0 saturated heterocycles. The van der Waals surface area contributed by atoms with Crippen LogP contribution in [-0.4, -0.2) is 41.2 Å². The smallest absolute Gasteiger partial charge is 0.356 e. The molecule has 1 saturated carbocycles. The first-order chi connectivity index (χ1) is 15.9. The summed E-state index contributed by atoms with van der Waals surface area (Å²) < 4.78 is 36.5. The van der Waals surface area contributed by atoms with E-state index in [2.05, 4.69) is 15.1 Å². The Hall–Kier alpha value is -2.92. The van der Waals surface area contributed by atoms with Gasteiger partial charge >= 0.3 is 5.97 Å². The molecule has 1 aromatic carbocycles. The molecule has 34 heavy (non-hydrogen) atoms. The molecule has 1 aliphatic carbocycles. The molecule has 0 aliphatic heterocycles. The van der Waals surface area contributed by atoms with Gasteiger partial charge in [-0.05, 0) is 65.2 Å². The van der Waals surface area contributed by atoms with E-state index in [0.717, 1.165) is 19.3 Å². The number of nitrogens with zero attached hydrogens (tertiary/aromatic N) is 2. The predicted molar refractivity (Wildman–Crippen MR) is 127 cm³/mol. The zero-order valence-corrected chi connectivity index (χ0v) is 20.9. The van der Waals surface area contributed by atoms with Crippen molar-refractivity contribution in [2.24, 2.45) is 5.92 Å². The molecule has 1 heterocycles. The van der Waals surface area contributed by atoms with Gasteiger partial charge < -0.3 is 15.2 Å². The third kappa shape index (κ3) is 5.41. The first kappa shape index (κ1) is 25.7. The number of hydrogen-bond donors (Lipinski definition) is 3. The zero-order chi connectivity index (χ0) is 25.2. The Bertz CT molecular complexity index is 1180. The van der Waals surface area contributed by atoms with Gasteiger partial charge in [-0.25, -0.2) is 22.6 Å². The molecule has 0 spiro atoms. The van der Waals surface area contributed by atoms with Gasteiger partial charge in [0.05, 0.1) is 6.04 Å². The van der Waals surface area contributed by atoms with E-state index >= 15 is 0 Å². The number of amides is 1. The molecule has 1 atom stereocenters. The monoisotopic (exact) mass is 492 g/mol. The van der Waals surface area contributed by atoms with Crippen molar-refractivity contribution in [3.8, 4) is 11.6 Å². The van der Waals surface area contributed by atoms with E-state index in [0.29, 0.717) is 12.1 Å². The van der Waals surface area contributed by atoms with Gasteiger partial charge in [0, 0.05) is 23.2 Å². The first-order valence-electron chi connectivity index (χ1n) is 11.4. The molecule has 186 valence electrons. The van der Waals surface area contributed by atoms with E-state index in [-0.39, 0.29) is 51.7 Å². The van der Waals surface area contributed by atoms with Crippen LogP contribution in [0.1, 0.15) is 75.5 Å². The molecule has 1 aromatic heterocycles. The summed E-state index contributed by atoms with van der Waals surface area (Å²) in [7, 11) is -4.02. The van der Waals surface area contributed by atoms with Crippen molar-refractivity contribution >= 4 is 27.6 Å². The number of carboxylic acids is 1. The summed E-state index contributed by atoms with van der Waals surface area (Å²) in [4.78, 5) is 23.8. The Morgan fingerprint density at radius 1 is 1.26 bits per heavy atom. The standard InChI is InChI=1S/C23H32N4O6S/c1-6-14(4)26-34(31,32)19-12-17(24-21(28)16-8-7-9-16)10-11-18(19)33-22-15(5)20(23(29)30)25-27(22)13(2)3/h10-14,16,26H,6-9H2,1-5H3,(H,24,28)(H,29,30). The maximum absolute atomic E-state index is 13.2. The number of ether oxygens (including phenoxy) is 1. The van der Waals surface area contributed by atoms with Gasteiger partial charge in [-0.1, -0.05) is 13.3 Å². The average Bonchev–Trinajstić information content (AvgIpc) is 3.04. The number of carbonyl (C=O) groups is 2. The summed E-state index contributed by atoms with van der Waals surface area (Å²) >= 11 is 0. The lowest BCUT2D eigenvalue weighted by atomic mass is 9.85. The van der Waals surface area contributed by atoms with Crippen molar-refractivity contribution < 1.29 is 27.9 Å². The van der Waals surface area contributed by atoms with Gasteiger partial charge in [0.15, 0.2) is 5.69 Å². The van der Waals surface area contributed by atoms with Crippen LogP contribution in [0.25, 0.3) is 0 Å². The normalized spacial score (nSPS) is 15.1. The predicted octanol–water partition coefficient (Wildman–Crippen LogP) is 4.08. The summed E-state index contributed by atoms with van der Waals surface area (Å²) in [5.74, 6) is -1.27. The van der Waals surface area contributed by atoms with Gasteiger partial charge in [-0.15, -0.1) is 0 Å². The lowest BCUT2D eigenvalue weighted by Gasteiger charge is -2.24. The molecule has 2 aromatic rings. The highest BCUT2D eigenvalue weighted by Crippen LogP contribution is 2.36. The van der Waals surface area contributed by atoms with E-state index < -0.39 is 16.0 Å². The van der Waals surface area contributed by atoms with Crippen LogP contribution in [-0.2, 0) is 14.8 Å². The van der Waals surface area contributed by atoms with Crippen molar-refractivity contribution in [3.63, 3.8) is 0 Å². The fourth-order valence-corrected chi connectivity index (χ4v) is 4.97. The Kier molecular flexibility index (Phi) is 7.67. The largest absolute Gasteiger partial charge is 0.476 e. The SMILES string of the molecule is CCC(C)NS(=O)(=O)c1cc(NC(=O)C2CCC2)ccc1Oc1c(C)c(C(=O)O)nn1C(C)C. The highest BCUT2D eigenvalue weighted by Gasteiger charge is 2.29. The zero-order valence-electron chi connectivity index (χ0n) is 20.1. The van der Waals surface area contributed by atoms with E-state index in [1.165, 1.54) is 16.8 Å². The number of rotatable bonds is 10. The minimum atomic E-state index is -4.02. The molecule has 1 amide bonds. The Balaban J connectivity index is 2.06. The maximum atomic E-state index is 13.2. The number of nitrogens with one attached hydrogen (secondary N) is 2. The van der Waals surface area contributed by atoms with Crippen LogP contribution in [0.3, 0.4) is 0 Å². The van der Waals surface area contributed by atoms with Crippen molar-refractivity contribution in [3.05, 3.63) is 29.5 Å². The minimum absolute atomic E-state index is 0.000662. The van der Waals surface area contributed by atoms with Gasteiger partial charge in [0.25, 0.3) is 0 Å². The van der Waals surface area contributed by atoms with Crippen LogP contribution >= 0.6 is 0 Å². The molecule has 1 fully saturated rings. The molecule has 0 radical (unpaired) electrons. The molecular weight excluding hydrogens is 460 g/mol. The quantitative estimate of drug-likeness (QED) is 0.454. The number of aromatic nitrogens is 2. The Labute approximate surface area is 199 Å². The van der Waals surface area contributed by atoms with Crippen molar-refractivity contribution in [1.29, 1.82) is 0 Å². The fraction of sp³-hybridized carbons (Fsp3) is 0.522. The highest BCUT2D eigenvalue weighted by atomic mass is 32.2. The van der Waals surface area contributed by atoms with E-state index in [1.54, 1.807) is 19.9 Å². The number of aromatic carboxylic acids is 1. The van der Waals surface area contributed by atoms with E-state index in [9.17, 15) is 23.1 Å². The maximum Gasteiger partial charge on any atom is 0.356 e. The summed E-state index contributed by atoms with van der Waals surface area (Å²) in [5, 5.41) is 16.4. The number of anilines is 1. The molecule has 1 aliphatic rings. The first-order valence-corrected chi connectivity index (χ1v) is 12.9. The number of benzene rings is 1. The average molecular weight is 493 g/mol. The summed E-state index contributed by atoms with van der Waals surface area (Å²) in [6.07, 6.45) is 3.22. The molecular formula is C23H32N4O6S. The fourth-order valence-electron chi connectivity index (χ4n) is 3.49. The molecule has 10 nitrogen and oxygen atoms in total. The molecule has 1 unspecified atom stereocenters. The van der Waals surface area contributed by atoms with Gasteiger partial charge in [0.1, 0.15) is 10.6 Å². The van der Waals surface area contributed by atoms with Crippen molar-refractivity contribution in [2.75, 3.05) is 5.32 Å². The summed E-state index contributed by atoms with van der Waals surface area (Å²) in [6.45, 7) is 8.79. The minimum Gasteiger partial charge on any atom is -0.476 e. The molecule has 3 rings (SSSR count). The van der Waals surface area contributed by atoms with Crippen LogP contribution in [0.5, 0.6) is 11.6 Å². The molecule has 0 bridgehead atoms. The van der Waals surface area contributed by atoms with Crippen LogP contribution < -0.4 is 14.8 Å². The van der Waals surface area contributed by atoms with Gasteiger partial charge in [0.2, 0.25) is 21.8 Å².